The zero-order valence-electron chi connectivity index (χ0n) is 11.2. The lowest BCUT2D eigenvalue weighted by Crippen LogP contribution is -2.06. The molecule has 102 valence electrons. The van der Waals surface area contributed by atoms with Crippen LogP contribution in [0.4, 0.5) is 0 Å². The molecule has 0 saturated carbocycles. The smallest absolute Gasteiger partial charge is 0.141 e. The fourth-order valence-electron chi connectivity index (χ4n) is 2.43. The highest BCUT2D eigenvalue weighted by molar-refractivity contribution is 9.10. The van der Waals surface area contributed by atoms with Gasteiger partial charge >= 0.3 is 0 Å². The van der Waals surface area contributed by atoms with Gasteiger partial charge in [0.25, 0.3) is 0 Å². The van der Waals surface area contributed by atoms with Crippen molar-refractivity contribution >= 4 is 21.7 Å². The van der Waals surface area contributed by atoms with Crippen LogP contribution in [0.3, 0.4) is 0 Å². The van der Waals surface area contributed by atoms with Crippen molar-refractivity contribution in [3.05, 3.63) is 39.9 Å². The van der Waals surface area contributed by atoms with Gasteiger partial charge in [0, 0.05) is 12.8 Å². The van der Waals surface area contributed by atoms with E-state index in [9.17, 15) is 4.79 Å². The fraction of sp³-hybridized carbons (Fsp3) is 0.438. The van der Waals surface area contributed by atoms with Crippen LogP contribution in [0.15, 0.2) is 34.3 Å². The van der Waals surface area contributed by atoms with Gasteiger partial charge in [0.1, 0.15) is 11.5 Å². The first-order chi connectivity index (χ1) is 9.19. The number of hydrogen-bond donors (Lipinski definition) is 0. The molecule has 0 aliphatic heterocycles. The first-order valence-corrected chi connectivity index (χ1v) is 7.50. The van der Waals surface area contributed by atoms with Crippen LogP contribution in [0.2, 0.25) is 0 Å². The molecule has 1 aromatic rings. The van der Waals surface area contributed by atoms with Crippen LogP contribution in [0.25, 0.3) is 0 Å². The predicted octanol–water partition coefficient (Wildman–Crippen LogP) is 4.46. The number of hydrogen-bond acceptors (Lipinski definition) is 2. The molecule has 2 rings (SSSR count). The van der Waals surface area contributed by atoms with E-state index in [0.717, 1.165) is 28.6 Å². The third-order valence-electron chi connectivity index (χ3n) is 3.43. The van der Waals surface area contributed by atoms with Crippen LogP contribution >= 0.6 is 15.9 Å². The van der Waals surface area contributed by atoms with Crippen LogP contribution in [0.5, 0.6) is 5.75 Å². The number of ether oxygens (including phenoxy) is 1. The summed E-state index contributed by atoms with van der Waals surface area (Å²) in [5.41, 5.74) is 2.36. The quantitative estimate of drug-likeness (QED) is 0.748. The zero-order chi connectivity index (χ0) is 13.7. The first-order valence-electron chi connectivity index (χ1n) is 6.71. The van der Waals surface area contributed by atoms with Crippen LogP contribution in [-0.2, 0) is 11.2 Å². The van der Waals surface area contributed by atoms with Gasteiger partial charge in [-0.05, 0) is 59.3 Å². The van der Waals surface area contributed by atoms with E-state index in [0.29, 0.717) is 18.6 Å². The Morgan fingerprint density at radius 3 is 2.79 bits per heavy atom. The molecule has 0 heterocycles. The van der Waals surface area contributed by atoms with Crippen molar-refractivity contribution in [1.82, 2.24) is 0 Å². The molecule has 0 fully saturated rings. The minimum Gasteiger partial charge on any atom is -0.496 e. The van der Waals surface area contributed by atoms with Gasteiger partial charge < -0.3 is 4.74 Å². The molecule has 1 aromatic carbocycles. The number of allylic oxidation sites excluding steroid dienone is 2. The van der Waals surface area contributed by atoms with Crippen molar-refractivity contribution in [2.45, 2.75) is 38.5 Å². The third-order valence-corrected chi connectivity index (χ3v) is 4.05. The normalized spacial score (nSPS) is 14.9. The highest BCUT2D eigenvalue weighted by atomic mass is 79.9. The molecule has 1 aliphatic rings. The van der Waals surface area contributed by atoms with Gasteiger partial charge in [0.05, 0.1) is 11.6 Å². The number of ketones is 1. The highest BCUT2D eigenvalue weighted by Crippen LogP contribution is 2.26. The lowest BCUT2D eigenvalue weighted by Gasteiger charge is -2.12. The van der Waals surface area contributed by atoms with E-state index < -0.39 is 0 Å². The van der Waals surface area contributed by atoms with E-state index in [1.807, 2.05) is 18.2 Å². The second-order valence-electron chi connectivity index (χ2n) is 4.97. The van der Waals surface area contributed by atoms with Gasteiger partial charge in [-0.15, -0.1) is 0 Å². The van der Waals surface area contributed by atoms with Crippen molar-refractivity contribution in [1.29, 1.82) is 0 Å². The maximum Gasteiger partial charge on any atom is 0.141 e. The minimum absolute atomic E-state index is 0.296. The number of carbonyl (C=O) groups is 1. The fourth-order valence-corrected chi connectivity index (χ4v) is 3.02. The lowest BCUT2D eigenvalue weighted by atomic mass is 9.94. The van der Waals surface area contributed by atoms with Gasteiger partial charge in [0.15, 0.2) is 0 Å². The molecule has 1 aliphatic carbocycles. The van der Waals surface area contributed by atoms with Crippen molar-refractivity contribution in [3.8, 4) is 5.75 Å². The van der Waals surface area contributed by atoms with E-state index in [2.05, 4.69) is 22.0 Å². The lowest BCUT2D eigenvalue weighted by molar-refractivity contribution is -0.117. The molecule has 0 atom stereocenters. The van der Waals surface area contributed by atoms with Crippen molar-refractivity contribution < 1.29 is 9.53 Å². The Balaban J connectivity index is 1.95. The predicted molar refractivity (Wildman–Crippen MR) is 80.6 cm³/mol. The minimum atomic E-state index is 0.296. The van der Waals surface area contributed by atoms with Crippen LogP contribution in [0.1, 0.15) is 37.7 Å². The first kappa shape index (κ1) is 14.3. The van der Waals surface area contributed by atoms with E-state index in [4.69, 9.17) is 4.74 Å². The van der Waals surface area contributed by atoms with Crippen molar-refractivity contribution in [3.63, 3.8) is 0 Å². The number of Topliss-reactive ketones (excluding diaryl/α,β-unsaturated/α-hetero) is 1. The largest absolute Gasteiger partial charge is 0.496 e. The van der Waals surface area contributed by atoms with E-state index in [1.54, 1.807) is 7.11 Å². The summed E-state index contributed by atoms with van der Waals surface area (Å²) in [6, 6.07) is 5.81. The summed E-state index contributed by atoms with van der Waals surface area (Å²) in [6.45, 7) is 0. The number of halogens is 1. The number of methoxy groups -OCH3 is 1. The van der Waals surface area contributed by atoms with Gasteiger partial charge in [-0.3, -0.25) is 4.79 Å². The topological polar surface area (TPSA) is 26.3 Å². The summed E-state index contributed by atoms with van der Waals surface area (Å²) in [4.78, 5) is 12.1. The Labute approximate surface area is 123 Å². The maximum absolute atomic E-state index is 12.1. The van der Waals surface area contributed by atoms with Crippen LogP contribution in [-0.4, -0.2) is 12.9 Å². The summed E-state index contributed by atoms with van der Waals surface area (Å²) in [6.07, 6.45) is 8.08. The summed E-state index contributed by atoms with van der Waals surface area (Å²) in [7, 11) is 1.64. The Morgan fingerprint density at radius 1 is 1.32 bits per heavy atom. The van der Waals surface area contributed by atoms with E-state index in [-0.39, 0.29) is 0 Å². The molecule has 0 spiro atoms. The molecule has 0 N–H and O–H groups in total. The van der Waals surface area contributed by atoms with Crippen LogP contribution in [0, 0.1) is 0 Å². The Kier molecular flexibility index (Phi) is 5.20. The summed E-state index contributed by atoms with van der Waals surface area (Å²) in [5, 5.41) is 0. The number of rotatable bonds is 5. The van der Waals surface area contributed by atoms with Gasteiger partial charge in [-0.25, -0.2) is 0 Å². The second kappa shape index (κ2) is 6.90. The molecule has 19 heavy (non-hydrogen) atoms. The molecule has 0 bridgehead atoms. The Bertz CT molecular complexity index is 492. The summed E-state index contributed by atoms with van der Waals surface area (Å²) < 4.78 is 6.09. The number of carbonyl (C=O) groups excluding carboxylic acids is 1. The Morgan fingerprint density at radius 2 is 2.16 bits per heavy atom. The maximum atomic E-state index is 12.1. The van der Waals surface area contributed by atoms with Crippen LogP contribution < -0.4 is 4.74 Å². The average Bonchev–Trinajstić information content (AvgIpc) is 2.40. The van der Waals surface area contributed by atoms with Crippen molar-refractivity contribution in [2.75, 3.05) is 7.11 Å². The average molecular weight is 323 g/mol. The molecule has 0 amide bonds. The molecule has 2 nitrogen and oxygen atoms in total. The Hall–Kier alpha value is -1.09. The van der Waals surface area contributed by atoms with Gasteiger partial charge in [0.2, 0.25) is 0 Å². The van der Waals surface area contributed by atoms with E-state index >= 15 is 0 Å². The highest BCUT2D eigenvalue weighted by Gasteiger charge is 2.11. The number of benzene rings is 1. The molecular formula is C16H19BrO2. The zero-order valence-corrected chi connectivity index (χ0v) is 12.8. The third kappa shape index (κ3) is 4.20. The molecule has 0 saturated heterocycles. The standard InChI is InChI=1S/C16H19BrO2/c1-19-16-8-7-13(11-15(16)17)10-14(18)9-12-5-3-2-4-6-12/h5,7-8,11H,2-4,6,9-10H2,1H3. The molecular weight excluding hydrogens is 304 g/mol. The SMILES string of the molecule is COc1ccc(CC(=O)CC2=CCCCC2)cc1Br. The molecule has 0 unspecified atom stereocenters. The molecule has 0 aromatic heterocycles. The molecule has 0 radical (unpaired) electrons. The van der Waals surface area contributed by atoms with E-state index in [1.165, 1.54) is 18.4 Å². The van der Waals surface area contributed by atoms with Gasteiger partial charge in [-0.2, -0.15) is 0 Å². The summed E-state index contributed by atoms with van der Waals surface area (Å²) in [5.74, 6) is 1.09. The second-order valence-corrected chi connectivity index (χ2v) is 5.82. The van der Waals surface area contributed by atoms with Gasteiger partial charge in [-0.1, -0.05) is 17.7 Å². The monoisotopic (exact) mass is 322 g/mol. The van der Waals surface area contributed by atoms with Crippen molar-refractivity contribution in [2.24, 2.45) is 0 Å². The summed E-state index contributed by atoms with van der Waals surface area (Å²) >= 11 is 3.45. The molecule has 3 heteroatoms.